The third kappa shape index (κ3) is 1.80. The van der Waals surface area contributed by atoms with Gasteiger partial charge >= 0.3 is 0 Å². The summed E-state index contributed by atoms with van der Waals surface area (Å²) in [7, 11) is 1.74. The molecule has 106 valence electrons. The number of hydrogen-bond donors (Lipinski definition) is 2. The highest BCUT2D eigenvalue weighted by molar-refractivity contribution is 6.34. The van der Waals surface area contributed by atoms with Gasteiger partial charge in [0, 0.05) is 35.2 Å². The molecule has 2 aromatic rings. The van der Waals surface area contributed by atoms with Crippen LogP contribution in [0.2, 0.25) is 5.02 Å². The number of nitrogens with one attached hydrogen (secondary N) is 2. The van der Waals surface area contributed by atoms with Gasteiger partial charge in [-0.25, -0.2) is 8.78 Å². The molecule has 0 bridgehead atoms. The Balaban J connectivity index is 2.34. The van der Waals surface area contributed by atoms with Crippen LogP contribution in [0.1, 0.15) is 30.4 Å². The molecule has 1 heterocycles. The van der Waals surface area contributed by atoms with Gasteiger partial charge in [0.1, 0.15) is 12.0 Å². The molecule has 1 aliphatic rings. The summed E-state index contributed by atoms with van der Waals surface area (Å²) < 4.78 is 27.9. The summed E-state index contributed by atoms with van der Waals surface area (Å²) in [6.45, 7) is 1.83. The molecule has 20 heavy (non-hydrogen) atoms. The van der Waals surface area contributed by atoms with E-state index in [1.807, 2.05) is 13.0 Å². The molecule has 1 fully saturated rings. The maximum Gasteiger partial charge on any atom is 0.148 e. The Morgan fingerprint density at radius 1 is 1.60 bits per heavy atom. The number of halogens is 3. The molecule has 0 spiro atoms. The van der Waals surface area contributed by atoms with Crippen molar-refractivity contribution in [3.8, 4) is 0 Å². The van der Waals surface area contributed by atoms with Gasteiger partial charge in [0.25, 0.3) is 0 Å². The van der Waals surface area contributed by atoms with Crippen LogP contribution in [0, 0.1) is 5.82 Å². The normalized spacial score (nSPS) is 22.4. The first kappa shape index (κ1) is 13.4. The maximum absolute atomic E-state index is 14.6. The number of fused-ring (bicyclic) bond motifs is 1. The molecule has 2 N–H and O–H groups in total. The van der Waals surface area contributed by atoms with Crippen LogP contribution in [-0.4, -0.2) is 23.4 Å². The fraction of sp³-hybridized carbons (Fsp3) is 0.357. The summed E-state index contributed by atoms with van der Waals surface area (Å²) in [6, 6.07) is 0. The average Bonchev–Trinajstić information content (AvgIpc) is 2.96. The summed E-state index contributed by atoms with van der Waals surface area (Å²) in [5.41, 5.74) is 2.10. The van der Waals surface area contributed by atoms with Crippen LogP contribution in [-0.2, 0) is 0 Å². The first-order valence-corrected chi connectivity index (χ1v) is 6.80. The Kier molecular flexibility index (Phi) is 3.17. The van der Waals surface area contributed by atoms with E-state index in [4.69, 9.17) is 11.6 Å². The molecule has 3 rings (SSSR count). The monoisotopic (exact) mass is 297 g/mol. The van der Waals surface area contributed by atoms with Gasteiger partial charge in [-0.15, -0.1) is 0 Å². The minimum absolute atomic E-state index is 0.00968. The molecular weight excluding hydrogens is 284 g/mol. The predicted octanol–water partition coefficient (Wildman–Crippen LogP) is 3.76. The van der Waals surface area contributed by atoms with Gasteiger partial charge in [-0.1, -0.05) is 17.7 Å². The zero-order chi connectivity index (χ0) is 14.4. The summed E-state index contributed by atoms with van der Waals surface area (Å²) in [5, 5.41) is 10.4. The molecule has 0 radical (unpaired) electrons. The minimum Gasteiger partial charge on any atom is -0.388 e. The molecule has 2 unspecified atom stereocenters. The standard InChI is InChI=1S/C14H14ClF2N3/c1-3-9(18-2)10-7-5-19-20-14(7)11(6-4-8(6)16)13(17)12(10)15/h3,5-6,8,18H,4H2,1-2H3,(H,19,20)/b9-3-. The molecule has 1 aromatic heterocycles. The van der Waals surface area contributed by atoms with Gasteiger partial charge in [0.15, 0.2) is 0 Å². The third-order valence-electron chi connectivity index (χ3n) is 3.74. The zero-order valence-electron chi connectivity index (χ0n) is 11.1. The number of benzene rings is 1. The molecular formula is C14H14ClF2N3. The highest BCUT2D eigenvalue weighted by Gasteiger charge is 2.43. The second-order valence-electron chi connectivity index (χ2n) is 4.89. The Labute approximate surface area is 120 Å². The van der Waals surface area contributed by atoms with Crippen molar-refractivity contribution < 1.29 is 8.78 Å². The fourth-order valence-corrected chi connectivity index (χ4v) is 2.93. The minimum atomic E-state index is -0.997. The molecule has 1 aromatic carbocycles. The first-order chi connectivity index (χ1) is 9.60. The predicted molar refractivity (Wildman–Crippen MR) is 76.0 cm³/mol. The van der Waals surface area contributed by atoms with Crippen LogP contribution in [0.5, 0.6) is 0 Å². The Morgan fingerprint density at radius 2 is 2.30 bits per heavy atom. The van der Waals surface area contributed by atoms with E-state index in [1.54, 1.807) is 13.2 Å². The number of nitrogens with zero attached hydrogens (tertiary/aromatic N) is 1. The average molecular weight is 298 g/mol. The molecule has 3 nitrogen and oxygen atoms in total. The Bertz CT molecular complexity index is 708. The number of aromatic amines is 1. The molecule has 0 aliphatic heterocycles. The number of rotatable bonds is 3. The molecule has 2 atom stereocenters. The van der Waals surface area contributed by atoms with Gasteiger partial charge in [0.2, 0.25) is 0 Å². The molecule has 1 saturated carbocycles. The molecule has 0 saturated heterocycles. The van der Waals surface area contributed by atoms with E-state index >= 15 is 0 Å². The summed E-state index contributed by atoms with van der Waals surface area (Å²) in [5.74, 6) is -0.980. The zero-order valence-corrected chi connectivity index (χ0v) is 11.9. The van der Waals surface area contributed by atoms with Crippen molar-refractivity contribution in [2.24, 2.45) is 0 Å². The Morgan fingerprint density at radius 3 is 2.85 bits per heavy atom. The summed E-state index contributed by atoms with van der Waals surface area (Å²) in [4.78, 5) is 0. The second-order valence-corrected chi connectivity index (χ2v) is 5.26. The van der Waals surface area contributed by atoms with Crippen molar-refractivity contribution >= 4 is 28.2 Å². The van der Waals surface area contributed by atoms with Gasteiger partial charge in [-0.05, 0) is 13.3 Å². The van der Waals surface area contributed by atoms with Crippen LogP contribution < -0.4 is 5.32 Å². The lowest BCUT2D eigenvalue weighted by Crippen LogP contribution is -2.07. The lowest BCUT2D eigenvalue weighted by molar-refractivity contribution is 0.465. The van der Waals surface area contributed by atoms with Gasteiger partial charge < -0.3 is 5.32 Å². The lowest BCUT2D eigenvalue weighted by Gasteiger charge is -2.14. The van der Waals surface area contributed by atoms with E-state index in [9.17, 15) is 8.78 Å². The highest BCUT2D eigenvalue weighted by atomic mass is 35.5. The smallest absolute Gasteiger partial charge is 0.148 e. The molecule has 6 heteroatoms. The molecule has 1 aliphatic carbocycles. The van der Waals surface area contributed by atoms with Crippen molar-refractivity contribution in [2.45, 2.75) is 25.4 Å². The van der Waals surface area contributed by atoms with E-state index in [0.717, 1.165) is 0 Å². The largest absolute Gasteiger partial charge is 0.388 e. The van der Waals surface area contributed by atoms with E-state index in [0.29, 0.717) is 34.1 Å². The summed E-state index contributed by atoms with van der Waals surface area (Å²) >= 11 is 6.19. The number of allylic oxidation sites excluding steroid dienone is 1. The van der Waals surface area contributed by atoms with Gasteiger partial charge in [-0.3, -0.25) is 5.10 Å². The van der Waals surface area contributed by atoms with E-state index in [-0.39, 0.29) is 5.02 Å². The second kappa shape index (κ2) is 4.74. The maximum atomic E-state index is 14.6. The van der Waals surface area contributed by atoms with Crippen LogP contribution >= 0.6 is 11.6 Å². The summed E-state index contributed by atoms with van der Waals surface area (Å²) in [6.07, 6.45) is 2.74. The van der Waals surface area contributed by atoms with Gasteiger partial charge in [0.05, 0.1) is 16.7 Å². The van der Waals surface area contributed by atoms with Crippen LogP contribution in [0.4, 0.5) is 8.78 Å². The third-order valence-corrected chi connectivity index (χ3v) is 4.09. The number of aromatic nitrogens is 2. The van der Waals surface area contributed by atoms with Gasteiger partial charge in [-0.2, -0.15) is 5.10 Å². The number of H-pyrrole nitrogens is 1. The fourth-order valence-electron chi connectivity index (χ4n) is 2.62. The van der Waals surface area contributed by atoms with Crippen LogP contribution in [0.3, 0.4) is 0 Å². The Hall–Kier alpha value is -1.62. The first-order valence-electron chi connectivity index (χ1n) is 6.42. The van der Waals surface area contributed by atoms with E-state index in [1.165, 1.54) is 0 Å². The van der Waals surface area contributed by atoms with E-state index < -0.39 is 17.9 Å². The van der Waals surface area contributed by atoms with Crippen molar-refractivity contribution in [3.05, 3.63) is 34.2 Å². The highest BCUT2D eigenvalue weighted by Crippen LogP contribution is 2.49. The van der Waals surface area contributed by atoms with Crippen LogP contribution in [0.15, 0.2) is 12.3 Å². The lowest BCUT2D eigenvalue weighted by atomic mass is 9.99. The van der Waals surface area contributed by atoms with Crippen LogP contribution in [0.25, 0.3) is 16.6 Å². The van der Waals surface area contributed by atoms with Crippen molar-refractivity contribution in [2.75, 3.05) is 7.05 Å². The SMILES string of the molecule is C/C=C(\NC)c1c(Cl)c(F)c(C2CC2F)c2[nH]ncc12. The number of alkyl halides is 1. The number of hydrogen-bond acceptors (Lipinski definition) is 2. The van der Waals surface area contributed by atoms with Crippen molar-refractivity contribution in [1.82, 2.24) is 15.5 Å². The van der Waals surface area contributed by atoms with Crippen molar-refractivity contribution in [3.63, 3.8) is 0 Å². The molecule has 0 amide bonds. The quantitative estimate of drug-likeness (QED) is 0.905. The topological polar surface area (TPSA) is 40.7 Å². The van der Waals surface area contributed by atoms with Crippen molar-refractivity contribution in [1.29, 1.82) is 0 Å². The van der Waals surface area contributed by atoms with E-state index in [2.05, 4.69) is 15.5 Å².